The SMILES string of the molecule is CCC(C)(C)Oc1ncc(CNC2CC2)c(C)n1. The lowest BCUT2D eigenvalue weighted by molar-refractivity contribution is 0.0921. The number of nitrogens with zero attached hydrogens (tertiary/aromatic N) is 2. The van der Waals surface area contributed by atoms with E-state index in [0.29, 0.717) is 12.1 Å². The van der Waals surface area contributed by atoms with Crippen molar-refractivity contribution >= 4 is 0 Å². The van der Waals surface area contributed by atoms with Gasteiger partial charge in [0.2, 0.25) is 0 Å². The first-order chi connectivity index (χ1) is 8.50. The number of nitrogens with one attached hydrogen (secondary N) is 1. The van der Waals surface area contributed by atoms with Crippen LogP contribution in [0.5, 0.6) is 6.01 Å². The molecule has 1 N–H and O–H groups in total. The molecule has 18 heavy (non-hydrogen) atoms. The van der Waals surface area contributed by atoms with E-state index in [1.807, 2.05) is 27.0 Å². The predicted molar refractivity (Wildman–Crippen MR) is 71.6 cm³/mol. The fraction of sp³-hybridized carbons (Fsp3) is 0.714. The first kappa shape index (κ1) is 13.3. The Hall–Kier alpha value is -1.16. The van der Waals surface area contributed by atoms with Gasteiger partial charge in [0.25, 0.3) is 0 Å². The molecule has 0 aromatic carbocycles. The number of hydrogen-bond donors (Lipinski definition) is 1. The normalized spacial score (nSPS) is 15.8. The van der Waals surface area contributed by atoms with Crippen molar-refractivity contribution in [2.75, 3.05) is 0 Å². The largest absolute Gasteiger partial charge is 0.457 e. The van der Waals surface area contributed by atoms with Gasteiger partial charge in [-0.3, -0.25) is 0 Å². The summed E-state index contributed by atoms with van der Waals surface area (Å²) >= 11 is 0. The van der Waals surface area contributed by atoms with Crippen molar-refractivity contribution in [3.8, 4) is 6.01 Å². The van der Waals surface area contributed by atoms with Gasteiger partial charge in [-0.25, -0.2) is 9.97 Å². The topological polar surface area (TPSA) is 47.0 Å². The third-order valence-corrected chi connectivity index (χ3v) is 3.44. The quantitative estimate of drug-likeness (QED) is 0.842. The Morgan fingerprint density at radius 1 is 1.44 bits per heavy atom. The van der Waals surface area contributed by atoms with Crippen LogP contribution >= 0.6 is 0 Å². The minimum absolute atomic E-state index is 0.208. The Morgan fingerprint density at radius 2 is 2.17 bits per heavy atom. The van der Waals surface area contributed by atoms with Crippen LogP contribution < -0.4 is 10.1 Å². The van der Waals surface area contributed by atoms with E-state index in [0.717, 1.165) is 24.2 Å². The van der Waals surface area contributed by atoms with Gasteiger partial charge in [-0.05, 0) is 40.0 Å². The van der Waals surface area contributed by atoms with Crippen LogP contribution in [0.1, 0.15) is 51.3 Å². The molecule has 100 valence electrons. The van der Waals surface area contributed by atoms with Gasteiger partial charge in [0, 0.05) is 30.0 Å². The average Bonchev–Trinajstić information content (AvgIpc) is 3.11. The molecular weight excluding hydrogens is 226 g/mol. The van der Waals surface area contributed by atoms with E-state index >= 15 is 0 Å². The van der Waals surface area contributed by atoms with E-state index in [2.05, 4.69) is 22.2 Å². The lowest BCUT2D eigenvalue weighted by atomic mass is 10.1. The molecule has 1 aromatic heterocycles. The average molecular weight is 249 g/mol. The Bertz CT molecular complexity index is 414. The molecule has 4 heteroatoms. The van der Waals surface area contributed by atoms with Gasteiger partial charge in [0.05, 0.1) is 0 Å². The van der Waals surface area contributed by atoms with Crippen LogP contribution in [0.4, 0.5) is 0 Å². The second-order valence-electron chi connectivity index (χ2n) is 5.63. The smallest absolute Gasteiger partial charge is 0.317 e. The number of aryl methyl sites for hydroxylation is 1. The zero-order valence-corrected chi connectivity index (χ0v) is 11.8. The standard InChI is InChI=1S/C14H23N3O/c1-5-14(3,4)18-13-16-9-11(10(2)17-13)8-15-12-6-7-12/h9,12,15H,5-8H2,1-4H3. The molecule has 0 saturated heterocycles. The molecule has 0 unspecified atom stereocenters. The van der Waals surface area contributed by atoms with Crippen LogP contribution in [0.3, 0.4) is 0 Å². The Balaban J connectivity index is 1.99. The van der Waals surface area contributed by atoms with Crippen LogP contribution in [0.2, 0.25) is 0 Å². The molecule has 0 amide bonds. The highest BCUT2D eigenvalue weighted by atomic mass is 16.5. The highest BCUT2D eigenvalue weighted by Crippen LogP contribution is 2.21. The summed E-state index contributed by atoms with van der Waals surface area (Å²) < 4.78 is 5.78. The third kappa shape index (κ3) is 3.67. The van der Waals surface area contributed by atoms with Crippen LogP contribution in [-0.4, -0.2) is 21.6 Å². The predicted octanol–water partition coefficient (Wildman–Crippen LogP) is 2.60. The molecule has 1 aliphatic rings. The minimum atomic E-state index is -0.208. The monoisotopic (exact) mass is 249 g/mol. The van der Waals surface area contributed by atoms with E-state index in [1.165, 1.54) is 12.8 Å². The summed E-state index contributed by atoms with van der Waals surface area (Å²) in [4.78, 5) is 8.73. The van der Waals surface area contributed by atoms with Crippen molar-refractivity contribution in [3.63, 3.8) is 0 Å². The van der Waals surface area contributed by atoms with E-state index in [-0.39, 0.29) is 5.60 Å². The lowest BCUT2D eigenvalue weighted by Crippen LogP contribution is -2.28. The van der Waals surface area contributed by atoms with Crippen LogP contribution in [0.15, 0.2) is 6.20 Å². The van der Waals surface area contributed by atoms with Crippen molar-refractivity contribution in [2.24, 2.45) is 0 Å². The van der Waals surface area contributed by atoms with Crippen LogP contribution in [0.25, 0.3) is 0 Å². The first-order valence-corrected chi connectivity index (χ1v) is 6.75. The zero-order valence-electron chi connectivity index (χ0n) is 11.8. The number of hydrogen-bond acceptors (Lipinski definition) is 4. The van der Waals surface area contributed by atoms with Crippen molar-refractivity contribution in [1.29, 1.82) is 0 Å². The fourth-order valence-corrected chi connectivity index (χ4v) is 1.55. The summed E-state index contributed by atoms with van der Waals surface area (Å²) in [6.07, 6.45) is 5.40. The maximum atomic E-state index is 5.78. The molecule has 1 aromatic rings. The zero-order chi connectivity index (χ0) is 13.2. The third-order valence-electron chi connectivity index (χ3n) is 3.44. The Kier molecular flexibility index (Phi) is 3.85. The maximum Gasteiger partial charge on any atom is 0.317 e. The van der Waals surface area contributed by atoms with Gasteiger partial charge >= 0.3 is 6.01 Å². The van der Waals surface area contributed by atoms with Gasteiger partial charge in [0.15, 0.2) is 0 Å². The number of ether oxygens (including phenoxy) is 1. The fourth-order valence-electron chi connectivity index (χ4n) is 1.55. The van der Waals surface area contributed by atoms with Crippen LogP contribution in [0, 0.1) is 6.92 Å². The Morgan fingerprint density at radius 3 is 2.72 bits per heavy atom. The summed E-state index contributed by atoms with van der Waals surface area (Å²) in [5, 5.41) is 3.47. The molecule has 2 rings (SSSR count). The van der Waals surface area contributed by atoms with E-state index in [9.17, 15) is 0 Å². The second kappa shape index (κ2) is 5.22. The molecule has 1 saturated carbocycles. The Labute approximate surface area is 109 Å². The van der Waals surface area contributed by atoms with Gasteiger partial charge < -0.3 is 10.1 Å². The maximum absolute atomic E-state index is 5.78. The molecule has 4 nitrogen and oxygen atoms in total. The summed E-state index contributed by atoms with van der Waals surface area (Å²) in [5.74, 6) is 0. The molecule has 1 heterocycles. The second-order valence-corrected chi connectivity index (χ2v) is 5.63. The molecule has 0 aliphatic heterocycles. The molecule has 0 atom stereocenters. The van der Waals surface area contributed by atoms with Crippen molar-refractivity contribution in [2.45, 2.75) is 65.1 Å². The summed E-state index contributed by atoms with van der Waals surface area (Å²) in [6.45, 7) is 9.06. The molecule has 0 bridgehead atoms. The summed E-state index contributed by atoms with van der Waals surface area (Å²) in [7, 11) is 0. The highest BCUT2D eigenvalue weighted by Gasteiger charge is 2.21. The highest BCUT2D eigenvalue weighted by molar-refractivity contribution is 5.18. The van der Waals surface area contributed by atoms with Gasteiger partial charge in [-0.1, -0.05) is 6.92 Å². The minimum Gasteiger partial charge on any atom is -0.457 e. The lowest BCUT2D eigenvalue weighted by Gasteiger charge is -2.23. The number of rotatable bonds is 6. The van der Waals surface area contributed by atoms with Crippen molar-refractivity contribution in [3.05, 3.63) is 17.5 Å². The molecule has 1 fully saturated rings. The van der Waals surface area contributed by atoms with E-state index in [4.69, 9.17) is 4.74 Å². The van der Waals surface area contributed by atoms with Crippen molar-refractivity contribution in [1.82, 2.24) is 15.3 Å². The van der Waals surface area contributed by atoms with Gasteiger partial charge in [-0.2, -0.15) is 0 Å². The van der Waals surface area contributed by atoms with Crippen LogP contribution in [-0.2, 0) is 6.54 Å². The first-order valence-electron chi connectivity index (χ1n) is 6.75. The van der Waals surface area contributed by atoms with Crippen molar-refractivity contribution < 1.29 is 4.74 Å². The van der Waals surface area contributed by atoms with Gasteiger partial charge in [-0.15, -0.1) is 0 Å². The van der Waals surface area contributed by atoms with E-state index in [1.54, 1.807) is 0 Å². The van der Waals surface area contributed by atoms with Gasteiger partial charge in [0.1, 0.15) is 5.60 Å². The molecular formula is C14H23N3O. The summed E-state index contributed by atoms with van der Waals surface area (Å²) in [5.41, 5.74) is 1.95. The molecule has 1 aliphatic carbocycles. The summed E-state index contributed by atoms with van der Waals surface area (Å²) in [6, 6.07) is 1.19. The number of aromatic nitrogens is 2. The van der Waals surface area contributed by atoms with E-state index < -0.39 is 0 Å². The molecule has 0 spiro atoms. The molecule has 0 radical (unpaired) electrons.